The van der Waals surface area contributed by atoms with Crippen molar-refractivity contribution in [3.63, 3.8) is 0 Å². The summed E-state index contributed by atoms with van der Waals surface area (Å²) in [6.45, 7) is 0.0738. The molecule has 0 unspecified atom stereocenters. The Morgan fingerprint density at radius 1 is 0.767 bits per heavy atom. The second-order valence-corrected chi connectivity index (χ2v) is 7.60. The molecule has 1 heterocycles. The number of aliphatic hydroxyl groups excluding tert-OH is 1. The van der Waals surface area contributed by atoms with E-state index in [1.54, 1.807) is 0 Å². The van der Waals surface area contributed by atoms with Crippen molar-refractivity contribution < 1.29 is 19.4 Å². The number of Topliss-reactive ketones (excluding diaryl/α,β-unsaturated/α-hetero) is 1. The van der Waals surface area contributed by atoms with E-state index in [0.717, 1.165) is 16.7 Å². The van der Waals surface area contributed by atoms with Gasteiger partial charge in [0.1, 0.15) is 11.4 Å². The Balaban J connectivity index is 1.76. The molecular formula is C26H26O4. The SMILES string of the molecule is O=C1C[C@@H](COC(c2ccccc2)(c2ccccc2)c2ccccc2)O[C@@H](CO)C1. The molecule has 1 N–H and O–H groups in total. The van der Waals surface area contributed by atoms with Crippen LogP contribution in [0.3, 0.4) is 0 Å². The summed E-state index contributed by atoms with van der Waals surface area (Å²) in [5.41, 5.74) is 2.16. The molecule has 0 aromatic heterocycles. The Morgan fingerprint density at radius 2 is 1.20 bits per heavy atom. The van der Waals surface area contributed by atoms with Crippen LogP contribution in [0.4, 0.5) is 0 Å². The molecule has 0 amide bonds. The van der Waals surface area contributed by atoms with E-state index in [0.29, 0.717) is 6.42 Å². The summed E-state index contributed by atoms with van der Waals surface area (Å²) < 4.78 is 12.6. The van der Waals surface area contributed by atoms with Gasteiger partial charge in [-0.1, -0.05) is 91.0 Å². The van der Waals surface area contributed by atoms with E-state index in [1.165, 1.54) is 0 Å². The third-order valence-corrected chi connectivity index (χ3v) is 5.53. The lowest BCUT2D eigenvalue weighted by molar-refractivity contribution is -0.149. The van der Waals surface area contributed by atoms with Gasteiger partial charge in [-0.05, 0) is 16.7 Å². The Labute approximate surface area is 177 Å². The molecule has 3 aromatic rings. The summed E-state index contributed by atoms with van der Waals surface area (Å²) in [5, 5.41) is 9.47. The maximum Gasteiger partial charge on any atom is 0.143 e. The van der Waals surface area contributed by atoms with Crippen molar-refractivity contribution in [2.75, 3.05) is 13.2 Å². The van der Waals surface area contributed by atoms with E-state index in [-0.39, 0.29) is 31.5 Å². The zero-order valence-electron chi connectivity index (χ0n) is 16.8. The number of hydrogen-bond acceptors (Lipinski definition) is 4. The van der Waals surface area contributed by atoms with Gasteiger partial charge in [-0.3, -0.25) is 4.79 Å². The third kappa shape index (κ3) is 4.21. The van der Waals surface area contributed by atoms with Crippen LogP contribution in [0.15, 0.2) is 91.0 Å². The summed E-state index contributed by atoms with van der Waals surface area (Å²) in [4.78, 5) is 12.1. The average molecular weight is 402 g/mol. The zero-order chi connectivity index (χ0) is 20.8. The van der Waals surface area contributed by atoms with Crippen molar-refractivity contribution in [3.05, 3.63) is 108 Å². The number of carbonyl (C=O) groups is 1. The molecule has 0 bridgehead atoms. The van der Waals surface area contributed by atoms with E-state index in [1.807, 2.05) is 54.6 Å². The number of aliphatic hydroxyl groups is 1. The van der Waals surface area contributed by atoms with E-state index >= 15 is 0 Å². The normalized spacial score (nSPS) is 19.6. The molecule has 1 aliphatic heterocycles. The molecule has 0 saturated carbocycles. The van der Waals surface area contributed by atoms with Gasteiger partial charge >= 0.3 is 0 Å². The van der Waals surface area contributed by atoms with Gasteiger partial charge in [0.2, 0.25) is 0 Å². The lowest BCUT2D eigenvalue weighted by atomic mass is 9.80. The lowest BCUT2D eigenvalue weighted by Crippen LogP contribution is -2.41. The minimum atomic E-state index is -0.845. The first kappa shape index (κ1) is 20.5. The van der Waals surface area contributed by atoms with Crippen LogP contribution in [0.25, 0.3) is 0 Å². The van der Waals surface area contributed by atoms with Gasteiger partial charge < -0.3 is 14.6 Å². The minimum absolute atomic E-state index is 0.0960. The highest BCUT2D eigenvalue weighted by atomic mass is 16.6. The quantitative estimate of drug-likeness (QED) is 0.605. The number of carbonyl (C=O) groups excluding carboxylic acids is 1. The maximum absolute atomic E-state index is 12.1. The van der Waals surface area contributed by atoms with Crippen LogP contribution < -0.4 is 0 Å². The van der Waals surface area contributed by atoms with Gasteiger partial charge in [0.25, 0.3) is 0 Å². The van der Waals surface area contributed by atoms with Gasteiger partial charge in [-0.15, -0.1) is 0 Å². The molecule has 3 aromatic carbocycles. The number of rotatable bonds is 7. The monoisotopic (exact) mass is 402 g/mol. The van der Waals surface area contributed by atoms with E-state index in [9.17, 15) is 9.90 Å². The molecule has 4 rings (SSSR count). The second kappa shape index (κ2) is 9.35. The number of ketones is 1. The molecule has 1 aliphatic rings. The Hall–Kier alpha value is -2.79. The van der Waals surface area contributed by atoms with Crippen LogP contribution in [0.2, 0.25) is 0 Å². The third-order valence-electron chi connectivity index (χ3n) is 5.53. The van der Waals surface area contributed by atoms with Crippen molar-refractivity contribution in [2.24, 2.45) is 0 Å². The lowest BCUT2D eigenvalue weighted by Gasteiger charge is -2.38. The van der Waals surface area contributed by atoms with E-state index in [4.69, 9.17) is 9.47 Å². The van der Waals surface area contributed by atoms with Crippen molar-refractivity contribution >= 4 is 5.78 Å². The van der Waals surface area contributed by atoms with E-state index < -0.39 is 11.7 Å². The summed E-state index contributed by atoms with van der Waals surface area (Å²) in [5.74, 6) is 0.0960. The van der Waals surface area contributed by atoms with Gasteiger partial charge in [-0.2, -0.15) is 0 Å². The Morgan fingerprint density at radius 3 is 1.63 bits per heavy atom. The molecule has 4 heteroatoms. The predicted octanol–water partition coefficient (Wildman–Crippen LogP) is 4.10. The Kier molecular flexibility index (Phi) is 6.38. The van der Waals surface area contributed by atoms with Crippen LogP contribution >= 0.6 is 0 Å². The zero-order valence-corrected chi connectivity index (χ0v) is 16.8. The molecule has 0 radical (unpaired) electrons. The van der Waals surface area contributed by atoms with Crippen LogP contribution in [0.1, 0.15) is 29.5 Å². The second-order valence-electron chi connectivity index (χ2n) is 7.60. The summed E-state index contributed by atoms with van der Waals surface area (Å²) >= 11 is 0. The smallest absolute Gasteiger partial charge is 0.143 e. The fraction of sp³-hybridized carbons (Fsp3) is 0.269. The fourth-order valence-electron chi connectivity index (χ4n) is 4.15. The van der Waals surface area contributed by atoms with Crippen LogP contribution in [-0.4, -0.2) is 36.3 Å². The fourth-order valence-corrected chi connectivity index (χ4v) is 4.15. The largest absolute Gasteiger partial charge is 0.394 e. The van der Waals surface area contributed by atoms with Gasteiger partial charge in [0.05, 0.1) is 25.4 Å². The topological polar surface area (TPSA) is 55.8 Å². The summed E-state index contributed by atoms with van der Waals surface area (Å²) in [7, 11) is 0. The van der Waals surface area contributed by atoms with Crippen LogP contribution in [0, 0.1) is 0 Å². The Bertz CT molecular complexity index is 844. The summed E-state index contributed by atoms with van der Waals surface area (Å²) in [6.07, 6.45) is -0.294. The minimum Gasteiger partial charge on any atom is -0.394 e. The molecule has 0 aliphatic carbocycles. The van der Waals surface area contributed by atoms with Crippen molar-refractivity contribution in [1.82, 2.24) is 0 Å². The van der Waals surface area contributed by atoms with Crippen LogP contribution in [0.5, 0.6) is 0 Å². The first-order valence-corrected chi connectivity index (χ1v) is 10.3. The molecule has 0 spiro atoms. The predicted molar refractivity (Wildman–Crippen MR) is 115 cm³/mol. The van der Waals surface area contributed by atoms with Gasteiger partial charge in [0.15, 0.2) is 0 Å². The maximum atomic E-state index is 12.1. The molecule has 154 valence electrons. The number of ether oxygens (including phenoxy) is 2. The molecular weight excluding hydrogens is 376 g/mol. The van der Waals surface area contributed by atoms with Crippen molar-refractivity contribution in [3.8, 4) is 0 Å². The molecule has 30 heavy (non-hydrogen) atoms. The number of hydrogen-bond donors (Lipinski definition) is 1. The van der Waals surface area contributed by atoms with Crippen molar-refractivity contribution in [2.45, 2.75) is 30.7 Å². The highest BCUT2D eigenvalue weighted by Crippen LogP contribution is 2.40. The number of benzene rings is 3. The highest BCUT2D eigenvalue weighted by Gasteiger charge is 2.39. The van der Waals surface area contributed by atoms with E-state index in [2.05, 4.69) is 36.4 Å². The summed E-state index contributed by atoms with van der Waals surface area (Å²) in [6, 6.07) is 30.3. The van der Waals surface area contributed by atoms with Crippen LogP contribution in [-0.2, 0) is 19.9 Å². The first-order valence-electron chi connectivity index (χ1n) is 10.3. The van der Waals surface area contributed by atoms with Crippen molar-refractivity contribution in [1.29, 1.82) is 0 Å². The standard InChI is InChI=1S/C26H26O4/c27-18-24-16-23(28)17-25(30-24)19-29-26(20-10-4-1-5-11-20,21-12-6-2-7-13-21)22-14-8-3-9-15-22/h1-15,24-25,27H,16-19H2/t24-,25+/m1/s1. The van der Waals surface area contributed by atoms with Gasteiger partial charge in [0, 0.05) is 12.8 Å². The molecule has 1 saturated heterocycles. The first-order chi connectivity index (χ1) is 14.7. The molecule has 1 fully saturated rings. The average Bonchev–Trinajstić information content (AvgIpc) is 2.81. The highest BCUT2D eigenvalue weighted by molar-refractivity contribution is 5.80. The van der Waals surface area contributed by atoms with Gasteiger partial charge in [-0.25, -0.2) is 0 Å². The molecule has 2 atom stereocenters. The molecule has 4 nitrogen and oxygen atoms in total.